The molecule has 0 saturated carbocycles. The molecule has 1 fully saturated rings. The lowest BCUT2D eigenvalue weighted by atomic mass is 9.89. The molecule has 1 rings (SSSR count). The van der Waals surface area contributed by atoms with E-state index in [0.29, 0.717) is 39.1 Å². The summed E-state index contributed by atoms with van der Waals surface area (Å²) in [4.78, 5) is 13.9. The van der Waals surface area contributed by atoms with Crippen LogP contribution < -0.4 is 0 Å². The summed E-state index contributed by atoms with van der Waals surface area (Å²) in [6, 6.07) is 0. The minimum absolute atomic E-state index is 0.0673. The Kier molecular flexibility index (Phi) is 5.92. The quantitative estimate of drug-likeness (QED) is 0.770. The van der Waals surface area contributed by atoms with Crippen LogP contribution in [0.4, 0.5) is 0 Å². The van der Waals surface area contributed by atoms with Crippen LogP contribution in [-0.4, -0.2) is 47.8 Å². The largest absolute Gasteiger partial charge is 0.389 e. The molecule has 0 atom stereocenters. The summed E-state index contributed by atoms with van der Waals surface area (Å²) < 4.78 is 5.22. The van der Waals surface area contributed by atoms with E-state index in [4.69, 9.17) is 4.74 Å². The van der Waals surface area contributed by atoms with Gasteiger partial charge in [-0.05, 0) is 12.8 Å². The smallest absolute Gasteiger partial charge is 0.225 e. The van der Waals surface area contributed by atoms with E-state index in [1.165, 1.54) is 0 Å². The Labute approximate surface area is 104 Å². The Bertz CT molecular complexity index is 231. The van der Waals surface area contributed by atoms with Gasteiger partial charge >= 0.3 is 0 Å². The van der Waals surface area contributed by atoms with Crippen molar-refractivity contribution in [1.29, 1.82) is 0 Å². The number of carbonyl (C=O) groups is 1. The molecular formula is C13H25NO3. The van der Waals surface area contributed by atoms with Crippen molar-refractivity contribution < 1.29 is 14.6 Å². The average molecular weight is 243 g/mol. The Hall–Kier alpha value is -0.610. The Morgan fingerprint density at radius 2 is 1.76 bits per heavy atom. The number of rotatable bonds is 6. The highest BCUT2D eigenvalue weighted by Crippen LogP contribution is 2.24. The molecule has 4 nitrogen and oxygen atoms in total. The fourth-order valence-electron chi connectivity index (χ4n) is 2.44. The van der Waals surface area contributed by atoms with Crippen molar-refractivity contribution in [2.24, 2.45) is 0 Å². The molecular weight excluding hydrogens is 218 g/mol. The molecule has 1 aliphatic rings. The average Bonchev–Trinajstić information content (AvgIpc) is 2.30. The zero-order chi connectivity index (χ0) is 12.7. The highest BCUT2D eigenvalue weighted by Gasteiger charge is 2.30. The molecule has 1 N–H and O–H groups in total. The molecule has 1 aliphatic heterocycles. The Balaban J connectivity index is 2.50. The second-order valence-corrected chi connectivity index (χ2v) is 4.89. The SMILES string of the molecule is CCCC(O)(CCC)CC(=O)N1CCOCC1. The van der Waals surface area contributed by atoms with Gasteiger partial charge in [0, 0.05) is 13.1 Å². The number of ether oxygens (including phenoxy) is 1. The van der Waals surface area contributed by atoms with Crippen molar-refractivity contribution in [3.63, 3.8) is 0 Å². The highest BCUT2D eigenvalue weighted by atomic mass is 16.5. The Morgan fingerprint density at radius 1 is 1.24 bits per heavy atom. The molecule has 1 heterocycles. The molecule has 100 valence electrons. The summed E-state index contributed by atoms with van der Waals surface area (Å²) in [5.74, 6) is 0.0673. The normalized spacial score (nSPS) is 17.2. The van der Waals surface area contributed by atoms with E-state index in [9.17, 15) is 9.90 Å². The van der Waals surface area contributed by atoms with Crippen LogP contribution >= 0.6 is 0 Å². The third-order valence-corrected chi connectivity index (χ3v) is 3.27. The highest BCUT2D eigenvalue weighted by molar-refractivity contribution is 5.77. The summed E-state index contributed by atoms with van der Waals surface area (Å²) in [5.41, 5.74) is -0.807. The number of morpholine rings is 1. The number of amides is 1. The number of hydrogen-bond donors (Lipinski definition) is 1. The van der Waals surface area contributed by atoms with E-state index >= 15 is 0 Å². The predicted octanol–water partition coefficient (Wildman–Crippen LogP) is 1.57. The van der Waals surface area contributed by atoms with Crippen LogP contribution in [0.5, 0.6) is 0 Å². The molecule has 4 heteroatoms. The summed E-state index contributed by atoms with van der Waals surface area (Å²) in [6.07, 6.45) is 3.49. The molecule has 1 saturated heterocycles. The Morgan fingerprint density at radius 3 is 2.24 bits per heavy atom. The molecule has 0 unspecified atom stereocenters. The zero-order valence-corrected chi connectivity index (χ0v) is 11.1. The lowest BCUT2D eigenvalue weighted by Crippen LogP contribution is -2.44. The van der Waals surface area contributed by atoms with Crippen LogP contribution in [0.25, 0.3) is 0 Å². The maximum Gasteiger partial charge on any atom is 0.225 e. The van der Waals surface area contributed by atoms with Gasteiger partial charge in [0.1, 0.15) is 0 Å². The lowest BCUT2D eigenvalue weighted by Gasteiger charge is -2.32. The maximum atomic E-state index is 12.1. The lowest BCUT2D eigenvalue weighted by molar-refractivity contribution is -0.141. The fraction of sp³-hybridized carbons (Fsp3) is 0.923. The van der Waals surface area contributed by atoms with Crippen molar-refractivity contribution in [1.82, 2.24) is 4.90 Å². The number of hydrogen-bond acceptors (Lipinski definition) is 3. The monoisotopic (exact) mass is 243 g/mol. The van der Waals surface area contributed by atoms with E-state index in [0.717, 1.165) is 12.8 Å². The van der Waals surface area contributed by atoms with Gasteiger partial charge in [0.2, 0.25) is 5.91 Å². The van der Waals surface area contributed by atoms with Crippen molar-refractivity contribution in [2.75, 3.05) is 26.3 Å². The van der Waals surface area contributed by atoms with Gasteiger partial charge < -0.3 is 14.7 Å². The van der Waals surface area contributed by atoms with Gasteiger partial charge in [0.05, 0.1) is 25.2 Å². The number of aliphatic hydroxyl groups is 1. The summed E-state index contributed by atoms with van der Waals surface area (Å²) in [5, 5.41) is 10.4. The first-order valence-corrected chi connectivity index (χ1v) is 6.69. The van der Waals surface area contributed by atoms with E-state index < -0.39 is 5.60 Å². The summed E-state index contributed by atoms with van der Waals surface area (Å²) in [6.45, 7) is 6.64. The third-order valence-electron chi connectivity index (χ3n) is 3.27. The molecule has 0 aliphatic carbocycles. The zero-order valence-electron chi connectivity index (χ0n) is 11.1. The standard InChI is InChI=1S/C13H25NO3/c1-3-5-13(16,6-4-2)11-12(15)14-7-9-17-10-8-14/h16H,3-11H2,1-2H3. The van der Waals surface area contributed by atoms with Crippen LogP contribution in [-0.2, 0) is 9.53 Å². The van der Waals surface area contributed by atoms with Gasteiger partial charge in [-0.15, -0.1) is 0 Å². The van der Waals surface area contributed by atoms with Crippen molar-refractivity contribution in [3.8, 4) is 0 Å². The van der Waals surface area contributed by atoms with Gasteiger partial charge in [-0.2, -0.15) is 0 Å². The maximum absolute atomic E-state index is 12.1. The minimum atomic E-state index is -0.807. The first kappa shape index (κ1) is 14.5. The number of carbonyl (C=O) groups excluding carboxylic acids is 1. The molecule has 0 aromatic carbocycles. The van der Waals surface area contributed by atoms with Gasteiger partial charge in [-0.3, -0.25) is 4.79 Å². The van der Waals surface area contributed by atoms with E-state index in [1.54, 1.807) is 4.90 Å². The molecule has 0 radical (unpaired) electrons. The summed E-state index contributed by atoms with van der Waals surface area (Å²) in [7, 11) is 0. The first-order valence-electron chi connectivity index (χ1n) is 6.69. The third kappa shape index (κ3) is 4.64. The molecule has 0 bridgehead atoms. The van der Waals surface area contributed by atoms with Crippen molar-refractivity contribution in [2.45, 2.75) is 51.6 Å². The van der Waals surface area contributed by atoms with Gasteiger partial charge in [0.15, 0.2) is 0 Å². The first-order chi connectivity index (χ1) is 8.11. The molecule has 1 amide bonds. The summed E-state index contributed by atoms with van der Waals surface area (Å²) >= 11 is 0. The predicted molar refractivity (Wildman–Crippen MR) is 66.8 cm³/mol. The van der Waals surface area contributed by atoms with E-state index in [1.807, 2.05) is 13.8 Å². The van der Waals surface area contributed by atoms with Gasteiger partial charge in [0.25, 0.3) is 0 Å². The van der Waals surface area contributed by atoms with E-state index in [2.05, 4.69) is 0 Å². The second-order valence-electron chi connectivity index (χ2n) is 4.89. The topological polar surface area (TPSA) is 49.8 Å². The van der Waals surface area contributed by atoms with Gasteiger partial charge in [-0.25, -0.2) is 0 Å². The molecule has 0 spiro atoms. The number of nitrogens with zero attached hydrogens (tertiary/aromatic N) is 1. The van der Waals surface area contributed by atoms with Crippen LogP contribution in [0.15, 0.2) is 0 Å². The molecule has 0 aromatic rings. The van der Waals surface area contributed by atoms with Crippen LogP contribution in [0.3, 0.4) is 0 Å². The molecule has 17 heavy (non-hydrogen) atoms. The van der Waals surface area contributed by atoms with Crippen LogP contribution in [0.2, 0.25) is 0 Å². The minimum Gasteiger partial charge on any atom is -0.389 e. The second kappa shape index (κ2) is 6.97. The van der Waals surface area contributed by atoms with Gasteiger partial charge in [-0.1, -0.05) is 26.7 Å². The van der Waals surface area contributed by atoms with Crippen molar-refractivity contribution >= 4 is 5.91 Å². The fourth-order valence-corrected chi connectivity index (χ4v) is 2.44. The molecule has 0 aromatic heterocycles. The van der Waals surface area contributed by atoms with Crippen LogP contribution in [0, 0.1) is 0 Å². The van der Waals surface area contributed by atoms with Crippen LogP contribution in [0.1, 0.15) is 46.0 Å². The van der Waals surface area contributed by atoms with Crippen molar-refractivity contribution in [3.05, 3.63) is 0 Å². The van der Waals surface area contributed by atoms with E-state index in [-0.39, 0.29) is 12.3 Å².